The molecule has 1 aromatic rings. The highest BCUT2D eigenvalue weighted by molar-refractivity contribution is 5.89. The van der Waals surface area contributed by atoms with E-state index < -0.39 is 0 Å². The van der Waals surface area contributed by atoms with Crippen LogP contribution in [-0.4, -0.2) is 81.7 Å². The number of nitrogens with one attached hydrogen (secondary N) is 1. The predicted octanol–water partition coefficient (Wildman–Crippen LogP) is 2.58. The van der Waals surface area contributed by atoms with Crippen molar-refractivity contribution in [3.8, 4) is 0 Å². The van der Waals surface area contributed by atoms with Crippen LogP contribution in [0.5, 0.6) is 0 Å². The van der Waals surface area contributed by atoms with Gasteiger partial charge in [0.1, 0.15) is 5.82 Å². The molecule has 0 unspecified atom stereocenters. The molecule has 0 atom stereocenters. The van der Waals surface area contributed by atoms with Gasteiger partial charge < -0.3 is 29.5 Å². The summed E-state index contributed by atoms with van der Waals surface area (Å²) in [6.45, 7) is 6.22. The zero-order chi connectivity index (χ0) is 20.2. The van der Waals surface area contributed by atoms with Gasteiger partial charge in [0, 0.05) is 44.3 Å². The van der Waals surface area contributed by atoms with Gasteiger partial charge in [0.05, 0.1) is 18.9 Å². The lowest BCUT2D eigenvalue weighted by molar-refractivity contribution is -0.0950. The van der Waals surface area contributed by atoms with Crippen LogP contribution in [0, 0.1) is 11.7 Å². The number of ether oxygens (including phenoxy) is 2. The van der Waals surface area contributed by atoms with E-state index in [0.29, 0.717) is 43.6 Å². The number of urea groups is 1. The molecule has 0 spiro atoms. The number of hydrogen-bond donors (Lipinski definition) is 1. The van der Waals surface area contributed by atoms with Crippen LogP contribution in [0.2, 0.25) is 0 Å². The van der Waals surface area contributed by atoms with Crippen molar-refractivity contribution < 1.29 is 18.7 Å². The fourth-order valence-corrected chi connectivity index (χ4v) is 4.35. The van der Waals surface area contributed by atoms with Gasteiger partial charge in [-0.15, -0.1) is 0 Å². The summed E-state index contributed by atoms with van der Waals surface area (Å²) in [6.07, 6.45) is 2.60. The van der Waals surface area contributed by atoms with E-state index in [0.717, 1.165) is 45.4 Å². The maximum Gasteiger partial charge on any atom is 0.321 e. The predicted molar refractivity (Wildman–Crippen MR) is 110 cm³/mol. The number of rotatable bonds is 3. The van der Waals surface area contributed by atoms with Crippen molar-refractivity contribution in [2.24, 2.45) is 5.92 Å². The summed E-state index contributed by atoms with van der Waals surface area (Å²) in [5, 5.41) is 2.84. The molecule has 3 aliphatic heterocycles. The Labute approximate surface area is 171 Å². The SMILES string of the molecule is CN1CCCN(c2ccc(NC(=O)N3CCC(C4OCCO4)CC3)cc2F)CC1. The van der Waals surface area contributed by atoms with E-state index in [4.69, 9.17) is 9.47 Å². The average Bonchev–Trinajstić information content (AvgIpc) is 3.18. The van der Waals surface area contributed by atoms with Crippen LogP contribution in [-0.2, 0) is 9.47 Å². The van der Waals surface area contributed by atoms with E-state index in [2.05, 4.69) is 22.2 Å². The average molecular weight is 407 g/mol. The Morgan fingerprint density at radius 1 is 1.07 bits per heavy atom. The van der Waals surface area contributed by atoms with Crippen molar-refractivity contribution in [2.45, 2.75) is 25.6 Å². The monoisotopic (exact) mass is 406 g/mol. The molecule has 3 saturated heterocycles. The topological polar surface area (TPSA) is 57.3 Å². The molecule has 4 rings (SSSR count). The first-order valence-corrected chi connectivity index (χ1v) is 10.6. The van der Waals surface area contributed by atoms with Gasteiger partial charge in [0.2, 0.25) is 0 Å². The molecular formula is C21H31FN4O3. The molecule has 3 fully saturated rings. The minimum atomic E-state index is -0.290. The number of benzene rings is 1. The fourth-order valence-electron chi connectivity index (χ4n) is 4.35. The lowest BCUT2D eigenvalue weighted by atomic mass is 9.96. The lowest BCUT2D eigenvalue weighted by Crippen LogP contribution is -2.43. The van der Waals surface area contributed by atoms with E-state index in [1.165, 1.54) is 6.07 Å². The molecule has 0 bridgehead atoms. The van der Waals surface area contributed by atoms with Crippen LogP contribution in [0.1, 0.15) is 19.3 Å². The second kappa shape index (κ2) is 9.28. The van der Waals surface area contributed by atoms with Gasteiger partial charge in [-0.2, -0.15) is 0 Å². The third-order valence-electron chi connectivity index (χ3n) is 6.12. The maximum absolute atomic E-state index is 14.7. The second-order valence-corrected chi connectivity index (χ2v) is 8.17. The van der Waals surface area contributed by atoms with Gasteiger partial charge >= 0.3 is 6.03 Å². The van der Waals surface area contributed by atoms with E-state index >= 15 is 0 Å². The maximum atomic E-state index is 14.7. The quantitative estimate of drug-likeness (QED) is 0.836. The highest BCUT2D eigenvalue weighted by atomic mass is 19.1. The molecule has 0 aromatic heterocycles. The van der Waals surface area contributed by atoms with Crippen molar-refractivity contribution in [1.82, 2.24) is 9.80 Å². The Kier molecular flexibility index (Phi) is 6.52. The molecule has 160 valence electrons. The minimum absolute atomic E-state index is 0.124. The molecule has 0 saturated carbocycles. The van der Waals surface area contributed by atoms with Gasteiger partial charge in [0.25, 0.3) is 0 Å². The number of hydrogen-bond acceptors (Lipinski definition) is 5. The van der Waals surface area contributed by atoms with E-state index in [1.54, 1.807) is 17.0 Å². The molecule has 8 heteroatoms. The number of likely N-dealkylation sites (N-methyl/N-ethyl adjacent to an activating group) is 1. The number of amides is 2. The number of halogens is 1. The molecule has 29 heavy (non-hydrogen) atoms. The number of carbonyl (C=O) groups is 1. The van der Waals surface area contributed by atoms with E-state index in [1.807, 2.05) is 0 Å². The summed E-state index contributed by atoms with van der Waals surface area (Å²) in [5.41, 5.74) is 1.10. The van der Waals surface area contributed by atoms with Crippen LogP contribution in [0.3, 0.4) is 0 Å². The van der Waals surface area contributed by atoms with Crippen molar-refractivity contribution >= 4 is 17.4 Å². The summed E-state index contributed by atoms with van der Waals surface area (Å²) in [7, 11) is 2.09. The molecule has 3 heterocycles. The fraction of sp³-hybridized carbons (Fsp3) is 0.667. The van der Waals surface area contributed by atoms with Crippen LogP contribution in [0.4, 0.5) is 20.6 Å². The summed E-state index contributed by atoms with van der Waals surface area (Å²) < 4.78 is 25.9. The van der Waals surface area contributed by atoms with Crippen molar-refractivity contribution in [2.75, 3.05) is 69.7 Å². The van der Waals surface area contributed by atoms with Crippen molar-refractivity contribution in [3.63, 3.8) is 0 Å². The third-order valence-corrected chi connectivity index (χ3v) is 6.12. The Morgan fingerprint density at radius 2 is 1.83 bits per heavy atom. The number of anilines is 2. The van der Waals surface area contributed by atoms with Crippen LogP contribution in [0.15, 0.2) is 18.2 Å². The van der Waals surface area contributed by atoms with Crippen molar-refractivity contribution in [3.05, 3.63) is 24.0 Å². The zero-order valence-corrected chi connectivity index (χ0v) is 17.1. The summed E-state index contributed by atoms with van der Waals surface area (Å²) in [5.74, 6) is 0.0486. The molecule has 3 aliphatic rings. The van der Waals surface area contributed by atoms with Crippen LogP contribution >= 0.6 is 0 Å². The Balaban J connectivity index is 1.31. The zero-order valence-electron chi connectivity index (χ0n) is 17.1. The Bertz CT molecular complexity index is 705. The summed E-state index contributed by atoms with van der Waals surface area (Å²) in [4.78, 5) is 18.7. The highest BCUT2D eigenvalue weighted by Gasteiger charge is 2.31. The Morgan fingerprint density at radius 3 is 2.55 bits per heavy atom. The molecule has 0 aliphatic carbocycles. The number of piperidine rings is 1. The first-order chi connectivity index (χ1) is 14.1. The summed E-state index contributed by atoms with van der Waals surface area (Å²) in [6, 6.07) is 4.81. The van der Waals surface area contributed by atoms with Gasteiger partial charge in [-0.25, -0.2) is 9.18 Å². The molecule has 0 radical (unpaired) electrons. The minimum Gasteiger partial charge on any atom is -0.368 e. The number of likely N-dealkylation sites (tertiary alicyclic amines) is 1. The number of carbonyl (C=O) groups excluding carboxylic acids is 1. The highest BCUT2D eigenvalue weighted by Crippen LogP contribution is 2.27. The van der Waals surface area contributed by atoms with E-state index in [-0.39, 0.29) is 18.1 Å². The molecular weight excluding hydrogens is 375 g/mol. The summed E-state index contributed by atoms with van der Waals surface area (Å²) >= 11 is 0. The smallest absolute Gasteiger partial charge is 0.321 e. The first kappa shape index (κ1) is 20.4. The van der Waals surface area contributed by atoms with Gasteiger partial charge in [-0.3, -0.25) is 0 Å². The standard InChI is InChI=1S/C21H31FN4O3/c1-24-7-2-8-25(12-11-24)19-4-3-17(15-18(19)22)23-21(27)26-9-5-16(6-10-26)20-28-13-14-29-20/h3-4,15-16,20H,2,5-14H2,1H3,(H,23,27). The van der Waals surface area contributed by atoms with Crippen LogP contribution < -0.4 is 10.2 Å². The molecule has 1 N–H and O–H groups in total. The Hall–Kier alpha value is -1.90. The van der Waals surface area contributed by atoms with E-state index in [9.17, 15) is 9.18 Å². The molecule has 2 amide bonds. The lowest BCUT2D eigenvalue weighted by Gasteiger charge is -2.33. The molecule has 7 nitrogen and oxygen atoms in total. The van der Waals surface area contributed by atoms with Gasteiger partial charge in [-0.05, 0) is 51.1 Å². The van der Waals surface area contributed by atoms with Gasteiger partial charge in [0.15, 0.2) is 6.29 Å². The largest absolute Gasteiger partial charge is 0.368 e. The second-order valence-electron chi connectivity index (χ2n) is 8.17. The number of nitrogens with zero attached hydrogens (tertiary/aromatic N) is 3. The first-order valence-electron chi connectivity index (χ1n) is 10.6. The van der Waals surface area contributed by atoms with Crippen LogP contribution in [0.25, 0.3) is 0 Å². The third kappa shape index (κ3) is 4.99. The van der Waals surface area contributed by atoms with Crippen molar-refractivity contribution in [1.29, 1.82) is 0 Å². The molecule has 1 aromatic carbocycles. The normalized spacial score (nSPS) is 22.7. The van der Waals surface area contributed by atoms with Gasteiger partial charge in [-0.1, -0.05) is 0 Å².